The molecule has 0 spiro atoms. The van der Waals surface area contributed by atoms with E-state index in [9.17, 15) is 10.1 Å². The number of nitriles is 1. The molecule has 0 radical (unpaired) electrons. The van der Waals surface area contributed by atoms with E-state index in [4.69, 9.17) is 11.0 Å². The number of hydrogen-bond donors (Lipinski definition) is 2. The van der Waals surface area contributed by atoms with Gasteiger partial charge in [-0.3, -0.25) is 10.1 Å². The number of rotatable bonds is 4. The van der Waals surface area contributed by atoms with Crippen molar-refractivity contribution in [2.24, 2.45) is 5.73 Å². The molecule has 0 bridgehead atoms. The number of anilines is 1. The molecule has 7 nitrogen and oxygen atoms in total. The normalized spacial score (nSPS) is 9.33. The highest BCUT2D eigenvalue weighted by atomic mass is 16.6. The Hall–Kier alpha value is -2.20. The summed E-state index contributed by atoms with van der Waals surface area (Å²) in [5, 5.41) is 22.1. The van der Waals surface area contributed by atoms with E-state index in [1.165, 1.54) is 12.3 Å². The van der Waals surface area contributed by atoms with E-state index in [2.05, 4.69) is 10.3 Å². The summed E-state index contributed by atoms with van der Waals surface area (Å²) in [6.07, 6.45) is 1.34. The first-order valence-corrected chi connectivity index (χ1v) is 4.18. The van der Waals surface area contributed by atoms with Crippen molar-refractivity contribution in [2.75, 3.05) is 18.4 Å². The van der Waals surface area contributed by atoms with Crippen molar-refractivity contribution in [1.29, 1.82) is 5.26 Å². The van der Waals surface area contributed by atoms with Crippen LogP contribution in [-0.4, -0.2) is 23.0 Å². The Morgan fingerprint density at radius 1 is 1.73 bits per heavy atom. The highest BCUT2D eigenvalue weighted by Gasteiger charge is 2.20. The lowest BCUT2D eigenvalue weighted by molar-refractivity contribution is -0.384. The minimum Gasteiger partial charge on any atom is -0.363 e. The third kappa shape index (κ3) is 2.38. The van der Waals surface area contributed by atoms with Crippen LogP contribution in [0.25, 0.3) is 0 Å². The molecule has 7 heteroatoms. The van der Waals surface area contributed by atoms with Gasteiger partial charge in [0.25, 0.3) is 0 Å². The molecule has 3 N–H and O–H groups in total. The van der Waals surface area contributed by atoms with E-state index in [1.807, 2.05) is 0 Å². The van der Waals surface area contributed by atoms with E-state index in [1.54, 1.807) is 6.07 Å². The van der Waals surface area contributed by atoms with Crippen molar-refractivity contribution in [3.05, 3.63) is 27.9 Å². The third-order valence-corrected chi connectivity index (χ3v) is 1.66. The van der Waals surface area contributed by atoms with Crippen molar-refractivity contribution in [3.8, 4) is 6.07 Å². The number of pyridine rings is 1. The van der Waals surface area contributed by atoms with Crippen LogP contribution in [0.1, 0.15) is 5.56 Å². The number of hydrogen-bond acceptors (Lipinski definition) is 6. The van der Waals surface area contributed by atoms with Gasteiger partial charge in [0.05, 0.1) is 4.92 Å². The molecule has 0 aliphatic heterocycles. The molecular formula is C8H9N5O2. The first kappa shape index (κ1) is 10.9. The second-order valence-corrected chi connectivity index (χ2v) is 2.64. The fourth-order valence-electron chi connectivity index (χ4n) is 1.05. The van der Waals surface area contributed by atoms with Crippen LogP contribution in [0.2, 0.25) is 0 Å². The number of aromatic nitrogens is 1. The topological polar surface area (TPSA) is 118 Å². The van der Waals surface area contributed by atoms with Crippen molar-refractivity contribution in [3.63, 3.8) is 0 Å². The molecule has 1 aromatic rings. The van der Waals surface area contributed by atoms with Gasteiger partial charge in [-0.2, -0.15) is 5.26 Å². The molecule has 0 saturated heterocycles. The molecule has 1 aromatic heterocycles. The smallest absolute Gasteiger partial charge is 0.328 e. The van der Waals surface area contributed by atoms with Crippen molar-refractivity contribution in [2.45, 2.75) is 0 Å². The van der Waals surface area contributed by atoms with Gasteiger partial charge in [-0.15, -0.1) is 0 Å². The molecule has 1 heterocycles. The third-order valence-electron chi connectivity index (χ3n) is 1.66. The zero-order chi connectivity index (χ0) is 11.3. The second kappa shape index (κ2) is 4.88. The molecule has 15 heavy (non-hydrogen) atoms. The van der Waals surface area contributed by atoms with Crippen LogP contribution in [0.3, 0.4) is 0 Å². The average molecular weight is 207 g/mol. The molecule has 0 aliphatic rings. The summed E-state index contributed by atoms with van der Waals surface area (Å²) in [5.74, 6) is 0.0736. The van der Waals surface area contributed by atoms with Crippen LogP contribution in [0.15, 0.2) is 12.3 Å². The average Bonchev–Trinajstić information content (AvgIpc) is 2.25. The summed E-state index contributed by atoms with van der Waals surface area (Å²) in [7, 11) is 0. The maximum atomic E-state index is 10.7. The molecule has 0 unspecified atom stereocenters. The van der Waals surface area contributed by atoms with E-state index < -0.39 is 4.92 Å². The minimum atomic E-state index is -0.635. The summed E-state index contributed by atoms with van der Waals surface area (Å²) >= 11 is 0. The number of nitro groups is 1. The van der Waals surface area contributed by atoms with Crippen LogP contribution in [0.5, 0.6) is 0 Å². The molecule has 78 valence electrons. The number of nitrogens with one attached hydrogen (secondary N) is 1. The van der Waals surface area contributed by atoms with E-state index >= 15 is 0 Å². The van der Waals surface area contributed by atoms with E-state index in [-0.39, 0.29) is 17.1 Å². The SMILES string of the molecule is N#Cc1ccnc(NCCN)c1[N+](=O)[O-]. The van der Waals surface area contributed by atoms with Gasteiger partial charge in [0, 0.05) is 19.3 Å². The molecule has 0 fully saturated rings. The molecule has 0 saturated carbocycles. The van der Waals surface area contributed by atoms with Gasteiger partial charge >= 0.3 is 5.69 Å². The lowest BCUT2D eigenvalue weighted by Gasteiger charge is -2.04. The zero-order valence-electron chi connectivity index (χ0n) is 7.80. The van der Waals surface area contributed by atoms with Crippen LogP contribution < -0.4 is 11.1 Å². The molecule has 1 rings (SSSR count). The lowest BCUT2D eigenvalue weighted by Crippen LogP contribution is -2.15. The lowest BCUT2D eigenvalue weighted by atomic mass is 10.2. The maximum absolute atomic E-state index is 10.7. The summed E-state index contributed by atoms with van der Waals surface area (Å²) in [6.45, 7) is 0.693. The molecule has 0 atom stereocenters. The highest BCUT2D eigenvalue weighted by Crippen LogP contribution is 2.25. The van der Waals surface area contributed by atoms with Gasteiger partial charge in [-0.25, -0.2) is 4.98 Å². The fourth-order valence-corrected chi connectivity index (χ4v) is 1.05. The van der Waals surface area contributed by atoms with Crippen molar-refractivity contribution in [1.82, 2.24) is 4.98 Å². The Morgan fingerprint density at radius 3 is 3.00 bits per heavy atom. The maximum Gasteiger partial charge on any atom is 0.328 e. The number of nitrogens with two attached hydrogens (primary N) is 1. The quantitative estimate of drug-likeness (QED) is 0.539. The minimum absolute atomic E-state index is 0.0190. The summed E-state index contributed by atoms with van der Waals surface area (Å²) in [4.78, 5) is 13.9. The Kier molecular flexibility index (Phi) is 3.54. The second-order valence-electron chi connectivity index (χ2n) is 2.64. The standard InChI is InChI=1S/C8H9N5O2/c9-2-4-12-8-7(13(14)15)6(5-10)1-3-11-8/h1,3H,2,4,9H2,(H,11,12). The summed E-state index contributed by atoms with van der Waals surface area (Å²) in [6, 6.07) is 3.04. The van der Waals surface area contributed by atoms with Crippen LogP contribution in [0.4, 0.5) is 11.5 Å². The van der Waals surface area contributed by atoms with Gasteiger partial charge < -0.3 is 11.1 Å². The van der Waals surface area contributed by atoms with Gasteiger partial charge in [0.15, 0.2) is 0 Å². The van der Waals surface area contributed by atoms with Gasteiger partial charge in [0.1, 0.15) is 11.6 Å². The predicted molar refractivity (Wildman–Crippen MR) is 53.2 cm³/mol. The summed E-state index contributed by atoms with van der Waals surface area (Å²) in [5.41, 5.74) is 4.92. The monoisotopic (exact) mass is 207 g/mol. The number of nitrogens with zero attached hydrogens (tertiary/aromatic N) is 3. The van der Waals surface area contributed by atoms with Crippen molar-refractivity contribution >= 4 is 11.5 Å². The van der Waals surface area contributed by atoms with E-state index in [0.29, 0.717) is 13.1 Å². The van der Waals surface area contributed by atoms with E-state index in [0.717, 1.165) is 0 Å². The molecular weight excluding hydrogens is 198 g/mol. The fraction of sp³-hybridized carbons (Fsp3) is 0.250. The van der Waals surface area contributed by atoms with Gasteiger partial charge in [-0.1, -0.05) is 0 Å². The zero-order valence-corrected chi connectivity index (χ0v) is 7.80. The Balaban J connectivity index is 3.15. The predicted octanol–water partition coefficient (Wildman–Crippen LogP) is 0.232. The van der Waals surface area contributed by atoms with Gasteiger partial charge in [0.2, 0.25) is 5.82 Å². The first-order chi connectivity index (χ1) is 7.20. The van der Waals surface area contributed by atoms with Crippen LogP contribution in [-0.2, 0) is 0 Å². The van der Waals surface area contributed by atoms with Crippen molar-refractivity contribution < 1.29 is 4.92 Å². The Labute approximate surface area is 85.7 Å². The Morgan fingerprint density at radius 2 is 2.47 bits per heavy atom. The van der Waals surface area contributed by atoms with Crippen LogP contribution >= 0.6 is 0 Å². The molecule has 0 amide bonds. The Bertz CT molecular complexity index is 412. The molecule has 0 aliphatic carbocycles. The molecule has 0 aromatic carbocycles. The largest absolute Gasteiger partial charge is 0.363 e. The first-order valence-electron chi connectivity index (χ1n) is 4.18. The van der Waals surface area contributed by atoms with Crippen LogP contribution in [0, 0.1) is 21.4 Å². The van der Waals surface area contributed by atoms with Gasteiger partial charge in [-0.05, 0) is 6.07 Å². The summed E-state index contributed by atoms with van der Waals surface area (Å²) < 4.78 is 0. The highest BCUT2D eigenvalue weighted by molar-refractivity contribution is 5.63.